The summed E-state index contributed by atoms with van der Waals surface area (Å²) >= 11 is 10.9. The molecule has 0 atom stereocenters. The van der Waals surface area contributed by atoms with Gasteiger partial charge in [-0.25, -0.2) is 0 Å². The van der Waals surface area contributed by atoms with Gasteiger partial charge < -0.3 is 10.1 Å². The Morgan fingerprint density at radius 1 is 1.23 bits per heavy atom. The zero-order valence-corrected chi connectivity index (χ0v) is 13.5. The summed E-state index contributed by atoms with van der Waals surface area (Å²) in [4.78, 5) is 11.8. The van der Waals surface area contributed by atoms with Crippen LogP contribution in [0.3, 0.4) is 0 Å². The number of amides is 1. The van der Waals surface area contributed by atoms with Gasteiger partial charge >= 0.3 is 0 Å². The van der Waals surface area contributed by atoms with Crippen molar-refractivity contribution in [3.63, 3.8) is 0 Å². The molecule has 0 radical (unpaired) electrons. The average molecular weight is 335 g/mol. The van der Waals surface area contributed by atoms with Crippen LogP contribution >= 0.6 is 23.8 Å². The summed E-state index contributed by atoms with van der Waals surface area (Å²) in [6, 6.07) is 14.5. The summed E-state index contributed by atoms with van der Waals surface area (Å²) in [5.41, 5.74) is 1.77. The molecule has 2 rings (SSSR count). The van der Waals surface area contributed by atoms with Crippen molar-refractivity contribution in [2.45, 2.75) is 6.92 Å². The van der Waals surface area contributed by atoms with Crippen molar-refractivity contribution in [2.24, 2.45) is 0 Å². The lowest BCUT2D eigenvalue weighted by Crippen LogP contribution is -2.37. The summed E-state index contributed by atoms with van der Waals surface area (Å²) in [5.74, 6) is 0.310. The first kappa shape index (κ1) is 16.3. The van der Waals surface area contributed by atoms with E-state index in [1.54, 1.807) is 30.3 Å². The number of aryl methyl sites for hydroxylation is 1. The molecule has 2 aromatic carbocycles. The molecule has 0 bridgehead atoms. The lowest BCUT2D eigenvalue weighted by Gasteiger charge is -2.10. The quantitative estimate of drug-likeness (QED) is 0.840. The summed E-state index contributed by atoms with van der Waals surface area (Å²) in [6.45, 7) is 1.85. The maximum absolute atomic E-state index is 11.8. The van der Waals surface area contributed by atoms with E-state index >= 15 is 0 Å². The predicted molar refractivity (Wildman–Crippen MR) is 92.5 cm³/mol. The van der Waals surface area contributed by atoms with E-state index in [4.69, 9.17) is 28.6 Å². The molecule has 22 heavy (non-hydrogen) atoms. The molecule has 0 saturated carbocycles. The van der Waals surface area contributed by atoms with Gasteiger partial charge in [0.25, 0.3) is 5.91 Å². The first-order valence-corrected chi connectivity index (χ1v) is 7.37. The Hall–Kier alpha value is -2.11. The monoisotopic (exact) mass is 334 g/mol. The van der Waals surface area contributed by atoms with Crippen LogP contribution in [0.15, 0.2) is 48.5 Å². The molecule has 0 heterocycles. The lowest BCUT2D eigenvalue weighted by molar-refractivity contribution is -0.121. The van der Waals surface area contributed by atoms with Gasteiger partial charge in [-0.05, 0) is 55.0 Å². The summed E-state index contributed by atoms with van der Waals surface area (Å²) in [7, 11) is 0. The second kappa shape index (κ2) is 7.77. The largest absolute Gasteiger partial charge is 0.484 e. The van der Waals surface area contributed by atoms with E-state index in [2.05, 4.69) is 10.6 Å². The zero-order chi connectivity index (χ0) is 15.9. The molecular weight excluding hydrogens is 320 g/mol. The topological polar surface area (TPSA) is 50.4 Å². The number of carbonyl (C=O) groups is 1. The van der Waals surface area contributed by atoms with Crippen molar-refractivity contribution in [2.75, 3.05) is 11.9 Å². The molecule has 0 aliphatic heterocycles. The summed E-state index contributed by atoms with van der Waals surface area (Å²) < 4.78 is 5.40. The number of halogens is 1. The van der Waals surface area contributed by atoms with Gasteiger partial charge in [0.15, 0.2) is 11.7 Å². The fourth-order valence-electron chi connectivity index (χ4n) is 1.75. The molecule has 114 valence electrons. The molecule has 1 amide bonds. The minimum Gasteiger partial charge on any atom is -0.484 e. The number of hydrogen-bond donors (Lipinski definition) is 2. The molecule has 0 fully saturated rings. The average Bonchev–Trinajstić information content (AvgIpc) is 2.45. The van der Waals surface area contributed by atoms with Crippen LogP contribution in [0.1, 0.15) is 5.56 Å². The van der Waals surface area contributed by atoms with Crippen LogP contribution in [-0.4, -0.2) is 17.6 Å². The van der Waals surface area contributed by atoms with E-state index < -0.39 is 0 Å². The number of ether oxygens (including phenoxy) is 1. The molecule has 0 aliphatic carbocycles. The Bertz CT molecular complexity index is 691. The number of benzene rings is 2. The zero-order valence-electron chi connectivity index (χ0n) is 11.9. The van der Waals surface area contributed by atoms with Crippen molar-refractivity contribution < 1.29 is 9.53 Å². The Labute approximate surface area is 139 Å². The molecule has 0 aliphatic rings. The minimum absolute atomic E-state index is 0.110. The van der Waals surface area contributed by atoms with E-state index in [-0.39, 0.29) is 17.6 Å². The van der Waals surface area contributed by atoms with Crippen molar-refractivity contribution in [3.05, 3.63) is 59.1 Å². The molecule has 6 heteroatoms. The number of carbonyl (C=O) groups excluding carboxylic acids is 1. The molecule has 0 aromatic heterocycles. The van der Waals surface area contributed by atoms with E-state index in [1.165, 1.54) is 0 Å². The Kier molecular flexibility index (Phi) is 5.75. The van der Waals surface area contributed by atoms with Crippen LogP contribution in [0.5, 0.6) is 5.75 Å². The van der Waals surface area contributed by atoms with Crippen LogP contribution in [0.2, 0.25) is 5.02 Å². The second-order valence-corrected chi connectivity index (χ2v) is 5.46. The van der Waals surface area contributed by atoms with E-state index in [0.717, 1.165) is 5.56 Å². The Balaban J connectivity index is 1.80. The van der Waals surface area contributed by atoms with Crippen molar-refractivity contribution in [1.82, 2.24) is 5.32 Å². The first-order chi connectivity index (χ1) is 10.5. The third-order valence-corrected chi connectivity index (χ3v) is 3.13. The van der Waals surface area contributed by atoms with Crippen molar-refractivity contribution >= 4 is 40.5 Å². The number of rotatable bonds is 4. The Morgan fingerprint density at radius 2 is 2.00 bits per heavy atom. The molecule has 2 N–H and O–H groups in total. The molecule has 0 saturated heterocycles. The standard InChI is InChI=1S/C16H15ClN2O2S/c1-11-4-2-7-14(8-11)21-10-15(20)19-16(22)18-13-6-3-5-12(17)9-13/h2-9H,10H2,1H3,(H2,18,19,20,22). The van der Waals surface area contributed by atoms with E-state index in [9.17, 15) is 4.79 Å². The molecule has 4 nitrogen and oxygen atoms in total. The highest BCUT2D eigenvalue weighted by Crippen LogP contribution is 2.14. The molecule has 2 aromatic rings. The fourth-order valence-corrected chi connectivity index (χ4v) is 2.17. The van der Waals surface area contributed by atoms with Gasteiger partial charge in [0.05, 0.1) is 0 Å². The van der Waals surface area contributed by atoms with Gasteiger partial charge in [-0.1, -0.05) is 29.8 Å². The molecular formula is C16H15ClN2O2S. The number of nitrogens with one attached hydrogen (secondary N) is 2. The number of hydrogen-bond acceptors (Lipinski definition) is 3. The summed E-state index contributed by atoms with van der Waals surface area (Å²) in [6.07, 6.45) is 0. The van der Waals surface area contributed by atoms with E-state index in [1.807, 2.05) is 25.1 Å². The maximum atomic E-state index is 11.8. The molecule has 0 unspecified atom stereocenters. The van der Waals surface area contributed by atoms with Gasteiger partial charge in [-0.15, -0.1) is 0 Å². The smallest absolute Gasteiger partial charge is 0.264 e. The predicted octanol–water partition coefficient (Wildman–Crippen LogP) is 3.54. The maximum Gasteiger partial charge on any atom is 0.264 e. The highest BCUT2D eigenvalue weighted by atomic mass is 35.5. The van der Waals surface area contributed by atoms with Crippen molar-refractivity contribution in [1.29, 1.82) is 0 Å². The lowest BCUT2D eigenvalue weighted by atomic mass is 10.2. The van der Waals surface area contributed by atoms with Crippen LogP contribution in [0.25, 0.3) is 0 Å². The third kappa shape index (κ3) is 5.35. The first-order valence-electron chi connectivity index (χ1n) is 6.59. The number of anilines is 1. The van der Waals surface area contributed by atoms with Crippen LogP contribution in [0, 0.1) is 6.92 Å². The van der Waals surface area contributed by atoms with Crippen LogP contribution in [-0.2, 0) is 4.79 Å². The van der Waals surface area contributed by atoms with Gasteiger partial charge in [0.1, 0.15) is 5.75 Å². The number of thiocarbonyl (C=S) groups is 1. The third-order valence-electron chi connectivity index (χ3n) is 2.69. The highest BCUT2D eigenvalue weighted by molar-refractivity contribution is 7.80. The van der Waals surface area contributed by atoms with Crippen LogP contribution < -0.4 is 15.4 Å². The van der Waals surface area contributed by atoms with E-state index in [0.29, 0.717) is 16.5 Å². The van der Waals surface area contributed by atoms with Gasteiger partial charge in [0, 0.05) is 10.7 Å². The second-order valence-electron chi connectivity index (χ2n) is 4.62. The van der Waals surface area contributed by atoms with Crippen molar-refractivity contribution in [3.8, 4) is 5.75 Å². The van der Waals surface area contributed by atoms with Gasteiger partial charge in [-0.2, -0.15) is 0 Å². The van der Waals surface area contributed by atoms with Gasteiger partial charge in [-0.3, -0.25) is 10.1 Å². The Morgan fingerprint density at radius 3 is 2.73 bits per heavy atom. The van der Waals surface area contributed by atoms with Gasteiger partial charge in [0.2, 0.25) is 0 Å². The highest BCUT2D eigenvalue weighted by Gasteiger charge is 2.06. The fraction of sp³-hybridized carbons (Fsp3) is 0.125. The summed E-state index contributed by atoms with van der Waals surface area (Å²) in [5, 5.41) is 6.21. The SMILES string of the molecule is Cc1cccc(OCC(=O)NC(=S)Nc2cccc(Cl)c2)c1. The minimum atomic E-state index is -0.332. The van der Waals surface area contributed by atoms with Crippen LogP contribution in [0.4, 0.5) is 5.69 Å². The molecule has 0 spiro atoms. The normalized spacial score (nSPS) is 9.91.